The minimum Gasteiger partial charge on any atom is -0.494 e. The predicted octanol–water partition coefficient (Wildman–Crippen LogP) is 1.51. The normalized spacial score (nSPS) is 22.5. The third-order valence-corrected chi connectivity index (χ3v) is 6.07. The van der Waals surface area contributed by atoms with Gasteiger partial charge in [-0.1, -0.05) is 12.1 Å². The maximum atomic E-state index is 12.4. The summed E-state index contributed by atoms with van der Waals surface area (Å²) in [4.78, 5) is 14.0. The van der Waals surface area contributed by atoms with E-state index in [4.69, 9.17) is 4.74 Å². The maximum absolute atomic E-state index is 12.4. The molecule has 0 unspecified atom stereocenters. The quantitative estimate of drug-likeness (QED) is 0.906. The monoisotopic (exact) mass is 338 g/mol. The summed E-state index contributed by atoms with van der Waals surface area (Å²) >= 11 is 0. The van der Waals surface area contributed by atoms with E-state index in [1.165, 1.54) is 5.56 Å². The minimum atomic E-state index is -2.98. The third-order valence-electron chi connectivity index (χ3n) is 4.46. The van der Waals surface area contributed by atoms with Gasteiger partial charge < -0.3 is 15.0 Å². The number of urea groups is 1. The number of hydrogen-bond acceptors (Lipinski definition) is 4. The van der Waals surface area contributed by atoms with Crippen molar-refractivity contribution in [2.24, 2.45) is 0 Å². The van der Waals surface area contributed by atoms with E-state index in [1.54, 1.807) is 4.90 Å². The van der Waals surface area contributed by atoms with Crippen molar-refractivity contribution < 1.29 is 17.9 Å². The molecule has 1 aromatic rings. The summed E-state index contributed by atoms with van der Waals surface area (Å²) < 4.78 is 28.6. The van der Waals surface area contributed by atoms with E-state index in [9.17, 15) is 13.2 Å². The van der Waals surface area contributed by atoms with Crippen LogP contribution in [0.1, 0.15) is 30.5 Å². The van der Waals surface area contributed by atoms with Gasteiger partial charge in [-0.15, -0.1) is 0 Å². The van der Waals surface area contributed by atoms with E-state index in [1.807, 2.05) is 25.1 Å². The Bertz CT molecular complexity index is 688. The second kappa shape index (κ2) is 6.39. The number of hydrogen-bond donors (Lipinski definition) is 1. The summed E-state index contributed by atoms with van der Waals surface area (Å²) in [6.45, 7) is 3.12. The molecule has 126 valence electrons. The van der Waals surface area contributed by atoms with Crippen molar-refractivity contribution in [2.75, 3.05) is 31.2 Å². The van der Waals surface area contributed by atoms with Gasteiger partial charge in [0.1, 0.15) is 5.75 Å². The van der Waals surface area contributed by atoms with Crippen LogP contribution in [0, 0.1) is 0 Å². The summed E-state index contributed by atoms with van der Waals surface area (Å²) in [5.74, 6) is 0.998. The zero-order valence-electron chi connectivity index (χ0n) is 13.2. The molecule has 0 radical (unpaired) electrons. The van der Waals surface area contributed by atoms with Crippen LogP contribution in [0.2, 0.25) is 0 Å². The molecule has 2 aliphatic rings. The van der Waals surface area contributed by atoms with Crippen LogP contribution >= 0.6 is 0 Å². The lowest BCUT2D eigenvalue weighted by atomic mass is 10.1. The maximum Gasteiger partial charge on any atom is 0.317 e. The van der Waals surface area contributed by atoms with Gasteiger partial charge in [-0.05, 0) is 37.0 Å². The van der Waals surface area contributed by atoms with Crippen LogP contribution in [0.3, 0.4) is 0 Å². The third kappa shape index (κ3) is 3.44. The molecule has 0 spiro atoms. The van der Waals surface area contributed by atoms with Crippen molar-refractivity contribution in [3.8, 4) is 5.75 Å². The number of nitrogens with one attached hydrogen (secondary N) is 1. The highest BCUT2D eigenvalue weighted by atomic mass is 32.2. The first-order chi connectivity index (χ1) is 11.0. The van der Waals surface area contributed by atoms with Gasteiger partial charge >= 0.3 is 6.03 Å². The van der Waals surface area contributed by atoms with Crippen LogP contribution in [0.25, 0.3) is 0 Å². The number of amides is 2. The number of fused-ring (bicyclic) bond motifs is 1. The van der Waals surface area contributed by atoms with Crippen molar-refractivity contribution >= 4 is 15.9 Å². The van der Waals surface area contributed by atoms with Gasteiger partial charge in [0, 0.05) is 13.1 Å². The van der Waals surface area contributed by atoms with Gasteiger partial charge in [-0.3, -0.25) is 0 Å². The molecule has 1 N–H and O–H groups in total. The fourth-order valence-electron chi connectivity index (χ4n) is 3.22. The summed E-state index contributed by atoms with van der Waals surface area (Å²) in [5, 5.41) is 3.04. The SMILES string of the molecule is CCOc1cccc2c1CC[C@H]2NC(=O)N1CCS(=O)(=O)CC1. The number of ether oxygens (including phenoxy) is 1. The molecule has 1 saturated heterocycles. The smallest absolute Gasteiger partial charge is 0.317 e. The summed E-state index contributed by atoms with van der Waals surface area (Å²) in [5.41, 5.74) is 2.27. The second-order valence-electron chi connectivity index (χ2n) is 5.94. The molecule has 1 aromatic carbocycles. The Balaban J connectivity index is 1.67. The number of benzene rings is 1. The van der Waals surface area contributed by atoms with Crippen LogP contribution < -0.4 is 10.1 Å². The first-order valence-electron chi connectivity index (χ1n) is 8.00. The molecule has 7 heteroatoms. The first kappa shape index (κ1) is 16.1. The van der Waals surface area contributed by atoms with Crippen molar-refractivity contribution in [1.29, 1.82) is 0 Å². The molecule has 0 aromatic heterocycles. The molecule has 1 aliphatic carbocycles. The second-order valence-corrected chi connectivity index (χ2v) is 8.24. The Morgan fingerprint density at radius 1 is 1.35 bits per heavy atom. The molecule has 23 heavy (non-hydrogen) atoms. The minimum absolute atomic E-state index is 0.0311. The highest BCUT2D eigenvalue weighted by Crippen LogP contribution is 2.37. The zero-order valence-corrected chi connectivity index (χ0v) is 14.1. The standard InChI is InChI=1S/C16H22N2O4S/c1-2-22-15-5-3-4-12-13(15)6-7-14(12)17-16(19)18-8-10-23(20,21)11-9-18/h3-5,14H,2,6-11H2,1H3,(H,17,19)/t14-/m1/s1. The topological polar surface area (TPSA) is 75.7 Å². The number of rotatable bonds is 3. The largest absolute Gasteiger partial charge is 0.494 e. The van der Waals surface area contributed by atoms with Crippen LogP contribution in [0.5, 0.6) is 5.75 Å². The lowest BCUT2D eigenvalue weighted by Gasteiger charge is -2.28. The number of carbonyl (C=O) groups excluding carboxylic acids is 1. The fraction of sp³-hybridized carbons (Fsp3) is 0.562. The van der Waals surface area contributed by atoms with Crippen molar-refractivity contribution in [3.05, 3.63) is 29.3 Å². The summed E-state index contributed by atoms with van der Waals surface area (Å²) in [6, 6.07) is 5.72. The zero-order chi connectivity index (χ0) is 16.4. The van der Waals surface area contributed by atoms with Crippen molar-refractivity contribution in [2.45, 2.75) is 25.8 Å². The van der Waals surface area contributed by atoms with Gasteiger partial charge in [0.05, 0.1) is 24.2 Å². The van der Waals surface area contributed by atoms with Gasteiger partial charge in [0.25, 0.3) is 0 Å². The number of nitrogens with zero attached hydrogens (tertiary/aromatic N) is 1. The first-order valence-corrected chi connectivity index (χ1v) is 9.83. The highest BCUT2D eigenvalue weighted by Gasteiger charge is 2.30. The van der Waals surface area contributed by atoms with E-state index < -0.39 is 9.84 Å². The molecule has 3 rings (SSSR count). The molecule has 1 atom stereocenters. The molecule has 0 saturated carbocycles. The average molecular weight is 338 g/mol. The van der Waals surface area contributed by atoms with Crippen LogP contribution in [0.15, 0.2) is 18.2 Å². The number of carbonyl (C=O) groups is 1. The van der Waals surface area contributed by atoms with E-state index in [2.05, 4.69) is 5.32 Å². The molecule has 1 heterocycles. The lowest BCUT2D eigenvalue weighted by molar-refractivity contribution is 0.198. The van der Waals surface area contributed by atoms with Gasteiger partial charge in [-0.25, -0.2) is 13.2 Å². The molecular formula is C16H22N2O4S. The molecule has 1 fully saturated rings. The number of sulfone groups is 1. The Morgan fingerprint density at radius 3 is 2.78 bits per heavy atom. The van der Waals surface area contributed by atoms with Gasteiger partial charge in [0.15, 0.2) is 9.84 Å². The Labute approximate surface area is 136 Å². The summed E-state index contributed by atoms with van der Waals surface area (Å²) in [6.07, 6.45) is 1.72. The van der Waals surface area contributed by atoms with E-state index in [0.29, 0.717) is 6.61 Å². The Hall–Kier alpha value is -1.76. The molecular weight excluding hydrogens is 316 g/mol. The van der Waals surface area contributed by atoms with Gasteiger partial charge in [-0.2, -0.15) is 0 Å². The van der Waals surface area contributed by atoms with Gasteiger partial charge in [0.2, 0.25) is 0 Å². The van der Waals surface area contributed by atoms with Crippen LogP contribution in [0.4, 0.5) is 4.79 Å². The van der Waals surface area contributed by atoms with Crippen molar-refractivity contribution in [1.82, 2.24) is 10.2 Å². The molecule has 6 nitrogen and oxygen atoms in total. The Kier molecular flexibility index (Phi) is 4.48. The average Bonchev–Trinajstić information content (AvgIpc) is 2.92. The van der Waals surface area contributed by atoms with Crippen LogP contribution in [-0.4, -0.2) is 50.6 Å². The predicted molar refractivity (Wildman–Crippen MR) is 87.4 cm³/mol. The fourth-order valence-corrected chi connectivity index (χ4v) is 4.42. The molecule has 1 aliphatic heterocycles. The molecule has 0 bridgehead atoms. The van der Waals surface area contributed by atoms with Crippen LogP contribution in [-0.2, 0) is 16.3 Å². The Morgan fingerprint density at radius 2 is 2.09 bits per heavy atom. The van der Waals surface area contributed by atoms with E-state index >= 15 is 0 Å². The van der Waals surface area contributed by atoms with E-state index in [-0.39, 0.29) is 36.7 Å². The molecule has 2 amide bonds. The van der Waals surface area contributed by atoms with E-state index in [0.717, 1.165) is 24.2 Å². The lowest BCUT2D eigenvalue weighted by Crippen LogP contribution is -2.48. The van der Waals surface area contributed by atoms with Crippen molar-refractivity contribution in [3.63, 3.8) is 0 Å². The highest BCUT2D eigenvalue weighted by molar-refractivity contribution is 7.91. The summed E-state index contributed by atoms with van der Waals surface area (Å²) in [7, 11) is -2.98.